The van der Waals surface area contributed by atoms with Gasteiger partial charge in [0.2, 0.25) is 0 Å². The molecule has 0 aromatic heterocycles. The van der Waals surface area contributed by atoms with E-state index in [0.717, 1.165) is 24.2 Å². The zero-order valence-electron chi connectivity index (χ0n) is 7.85. The van der Waals surface area contributed by atoms with E-state index in [4.69, 9.17) is 5.73 Å². The van der Waals surface area contributed by atoms with Crippen LogP contribution < -0.4 is 16.5 Å². The van der Waals surface area contributed by atoms with E-state index in [0.29, 0.717) is 6.54 Å². The van der Waals surface area contributed by atoms with Crippen LogP contribution in [0, 0.1) is 0 Å². The molecule has 68 valence electrons. The molecule has 4 N–H and O–H groups in total. The third kappa shape index (κ3) is 9.84. The molecule has 0 bridgehead atoms. The Balaban J connectivity index is 3.02. The Morgan fingerprint density at radius 2 is 1.73 bits per heavy atom. The van der Waals surface area contributed by atoms with Gasteiger partial charge < -0.3 is 11.1 Å². The topological polar surface area (TPSA) is 50.1 Å². The fourth-order valence-electron chi connectivity index (χ4n) is 0.707. The van der Waals surface area contributed by atoms with Crippen LogP contribution in [0.2, 0.25) is 0 Å². The summed E-state index contributed by atoms with van der Waals surface area (Å²) >= 11 is 0. The third-order valence-corrected chi connectivity index (χ3v) is 1.21. The van der Waals surface area contributed by atoms with E-state index in [2.05, 4.69) is 31.9 Å². The molecule has 0 saturated carbocycles. The molecule has 0 aliphatic heterocycles. The lowest BCUT2D eigenvalue weighted by molar-refractivity contribution is -0.915. The van der Waals surface area contributed by atoms with E-state index in [9.17, 15) is 0 Å². The summed E-state index contributed by atoms with van der Waals surface area (Å²) in [5.74, 6) is 0. The van der Waals surface area contributed by atoms with Gasteiger partial charge in [-0.3, -0.25) is 4.59 Å². The second kappa shape index (κ2) is 5.49. The van der Waals surface area contributed by atoms with Crippen molar-refractivity contribution < 1.29 is 4.59 Å². The van der Waals surface area contributed by atoms with Crippen molar-refractivity contribution in [1.82, 2.24) is 10.7 Å². The van der Waals surface area contributed by atoms with E-state index in [1.54, 1.807) is 0 Å². The maximum absolute atomic E-state index is 5.31. The maximum Gasteiger partial charge on any atom is 0.0853 e. The largest absolute Gasteiger partial charge is 0.329 e. The van der Waals surface area contributed by atoms with E-state index in [1.165, 1.54) is 0 Å². The molecule has 0 fully saturated rings. The monoisotopic (exact) mass is 161 g/mol. The van der Waals surface area contributed by atoms with Gasteiger partial charge in [-0.2, -0.15) is 5.43 Å². The minimum atomic E-state index is 0.713. The lowest BCUT2D eigenvalue weighted by Gasteiger charge is -2.23. The maximum atomic E-state index is 5.31. The highest BCUT2D eigenvalue weighted by molar-refractivity contribution is 4.46. The predicted molar refractivity (Wildman–Crippen MR) is 48.0 cm³/mol. The van der Waals surface area contributed by atoms with Crippen LogP contribution in [0.5, 0.6) is 0 Å². The first-order chi connectivity index (χ1) is 5.06. The standard InChI is InChI=1S/C7H21N4/c1-11(2,3)10-7-6-9-5-4-8/h9-10H,4-8H2,1-3H3/q+1. The Labute approximate surface area is 69.3 Å². The van der Waals surface area contributed by atoms with Crippen LogP contribution in [-0.4, -0.2) is 51.9 Å². The summed E-state index contributed by atoms with van der Waals surface area (Å²) in [5.41, 5.74) is 8.62. The van der Waals surface area contributed by atoms with Gasteiger partial charge in [0.05, 0.1) is 27.7 Å². The van der Waals surface area contributed by atoms with Crippen molar-refractivity contribution in [3.63, 3.8) is 0 Å². The van der Waals surface area contributed by atoms with Crippen LogP contribution in [0.15, 0.2) is 0 Å². The van der Waals surface area contributed by atoms with E-state index in [1.807, 2.05) is 0 Å². The van der Waals surface area contributed by atoms with Gasteiger partial charge in [0.25, 0.3) is 0 Å². The first kappa shape index (κ1) is 10.8. The van der Waals surface area contributed by atoms with Crippen molar-refractivity contribution >= 4 is 0 Å². The van der Waals surface area contributed by atoms with E-state index in [-0.39, 0.29) is 0 Å². The number of quaternary nitrogens is 1. The van der Waals surface area contributed by atoms with Gasteiger partial charge in [0, 0.05) is 19.6 Å². The van der Waals surface area contributed by atoms with Crippen LogP contribution in [0.3, 0.4) is 0 Å². The Bertz CT molecular complexity index is 86.9. The SMILES string of the molecule is C[N+](C)(C)NCCNCCN. The number of nitrogens with two attached hydrogens (primary N) is 1. The summed E-state index contributed by atoms with van der Waals surface area (Å²) in [6.07, 6.45) is 0. The van der Waals surface area contributed by atoms with Crippen LogP contribution in [0.1, 0.15) is 0 Å². The number of nitrogens with one attached hydrogen (secondary N) is 2. The van der Waals surface area contributed by atoms with Crippen LogP contribution >= 0.6 is 0 Å². The van der Waals surface area contributed by atoms with Crippen molar-refractivity contribution in [2.75, 3.05) is 47.3 Å². The number of hydrogen-bond acceptors (Lipinski definition) is 3. The van der Waals surface area contributed by atoms with Crippen molar-refractivity contribution in [3.05, 3.63) is 0 Å². The molecule has 0 aliphatic carbocycles. The van der Waals surface area contributed by atoms with Gasteiger partial charge in [-0.25, -0.2) is 0 Å². The van der Waals surface area contributed by atoms with Crippen molar-refractivity contribution in [2.24, 2.45) is 5.73 Å². The molecule has 4 heteroatoms. The van der Waals surface area contributed by atoms with Gasteiger partial charge >= 0.3 is 0 Å². The second-order valence-electron chi connectivity index (χ2n) is 3.46. The van der Waals surface area contributed by atoms with Crippen LogP contribution in [0.25, 0.3) is 0 Å². The zero-order chi connectivity index (χ0) is 8.74. The quantitative estimate of drug-likeness (QED) is 0.259. The highest BCUT2D eigenvalue weighted by atomic mass is 15.6. The summed E-state index contributed by atoms with van der Waals surface area (Å²) in [5, 5.41) is 3.21. The summed E-state index contributed by atoms with van der Waals surface area (Å²) in [7, 11) is 6.30. The Morgan fingerprint density at radius 1 is 1.09 bits per heavy atom. The molecule has 0 unspecified atom stereocenters. The smallest absolute Gasteiger partial charge is 0.0853 e. The molecule has 0 aliphatic rings. The Kier molecular flexibility index (Phi) is 5.41. The summed E-state index contributed by atoms with van der Waals surface area (Å²) < 4.78 is 0.796. The molecule has 4 nitrogen and oxygen atoms in total. The van der Waals surface area contributed by atoms with Crippen molar-refractivity contribution in [3.8, 4) is 0 Å². The summed E-state index contributed by atoms with van der Waals surface area (Å²) in [4.78, 5) is 0. The highest BCUT2D eigenvalue weighted by Crippen LogP contribution is 1.78. The fraction of sp³-hybridized carbons (Fsp3) is 1.00. The van der Waals surface area contributed by atoms with Gasteiger partial charge in [-0.15, -0.1) is 0 Å². The van der Waals surface area contributed by atoms with Crippen molar-refractivity contribution in [2.45, 2.75) is 0 Å². The third-order valence-electron chi connectivity index (χ3n) is 1.21. The minimum absolute atomic E-state index is 0.713. The van der Waals surface area contributed by atoms with Gasteiger partial charge in [-0.1, -0.05) is 0 Å². The van der Waals surface area contributed by atoms with Gasteiger partial charge in [0.15, 0.2) is 0 Å². The van der Waals surface area contributed by atoms with Crippen LogP contribution in [0.4, 0.5) is 0 Å². The summed E-state index contributed by atoms with van der Waals surface area (Å²) in [6, 6.07) is 0. The van der Waals surface area contributed by atoms with E-state index < -0.39 is 0 Å². The van der Waals surface area contributed by atoms with Crippen LogP contribution in [-0.2, 0) is 0 Å². The highest BCUT2D eigenvalue weighted by Gasteiger charge is 2.03. The minimum Gasteiger partial charge on any atom is -0.329 e. The molecule has 0 spiro atoms. The summed E-state index contributed by atoms with van der Waals surface area (Å²) in [6.45, 7) is 3.57. The first-order valence-electron chi connectivity index (χ1n) is 4.03. The number of rotatable bonds is 6. The van der Waals surface area contributed by atoms with Gasteiger partial charge in [0.1, 0.15) is 0 Å². The number of nitrogens with zero attached hydrogens (tertiary/aromatic N) is 1. The fourth-order valence-corrected chi connectivity index (χ4v) is 0.707. The van der Waals surface area contributed by atoms with E-state index >= 15 is 0 Å². The van der Waals surface area contributed by atoms with Gasteiger partial charge in [-0.05, 0) is 0 Å². The predicted octanol–water partition coefficient (Wildman–Crippen LogP) is -1.25. The normalized spacial score (nSPS) is 12.0. The Hall–Kier alpha value is -0.160. The number of hydrogen-bond donors (Lipinski definition) is 3. The zero-order valence-corrected chi connectivity index (χ0v) is 7.85. The second-order valence-corrected chi connectivity index (χ2v) is 3.46. The first-order valence-corrected chi connectivity index (χ1v) is 4.03. The molecule has 0 amide bonds. The molecule has 0 rings (SSSR count). The lowest BCUT2D eigenvalue weighted by Crippen LogP contribution is -2.50. The molecule has 0 heterocycles. The lowest BCUT2D eigenvalue weighted by atomic mass is 10.6. The molecular weight excluding hydrogens is 140 g/mol. The average Bonchev–Trinajstić information content (AvgIpc) is 1.85. The Morgan fingerprint density at radius 3 is 2.18 bits per heavy atom. The average molecular weight is 161 g/mol. The molecule has 11 heavy (non-hydrogen) atoms. The molecular formula is C7H21N4+. The molecule has 0 aromatic rings. The molecule has 0 aromatic carbocycles. The molecule has 0 radical (unpaired) electrons. The molecule has 0 atom stereocenters. The molecule has 0 saturated heterocycles. The van der Waals surface area contributed by atoms with Crippen molar-refractivity contribution in [1.29, 1.82) is 0 Å².